The molecule has 2 aromatic carbocycles. The average molecular weight is 414 g/mol. The zero-order valence-electron chi connectivity index (χ0n) is 15.9. The van der Waals surface area contributed by atoms with Crippen molar-refractivity contribution in [2.75, 3.05) is 29.6 Å². The van der Waals surface area contributed by atoms with E-state index in [1.165, 1.54) is 36.2 Å². The van der Waals surface area contributed by atoms with Gasteiger partial charge < -0.3 is 10.2 Å². The molecule has 0 aliphatic carbocycles. The molecule has 1 aromatic heterocycles. The minimum Gasteiger partial charge on any atom is -0.370 e. The van der Waals surface area contributed by atoms with Crippen molar-refractivity contribution in [2.24, 2.45) is 0 Å². The van der Waals surface area contributed by atoms with Gasteiger partial charge in [0.25, 0.3) is 5.91 Å². The first-order valence-corrected chi connectivity index (χ1v) is 10.5. The number of hydrogen-bond donors (Lipinski definition) is 1. The molecule has 5 nitrogen and oxygen atoms in total. The van der Waals surface area contributed by atoms with Gasteiger partial charge in [-0.05, 0) is 55.5 Å². The quantitative estimate of drug-likeness (QED) is 0.614. The highest BCUT2D eigenvalue weighted by molar-refractivity contribution is 7.98. The highest BCUT2D eigenvalue weighted by atomic mass is 32.2. The van der Waals surface area contributed by atoms with Crippen LogP contribution in [0, 0.1) is 11.6 Å². The standard InChI is InChI=1S/C21H20F2N4OS/c1-29-21-24-13-18(27(21)15-9-7-14(22)8-10-15)20(28)25-19-16(23)5-4-6-17(19)26-11-2-3-12-26/h4-10,13H,2-3,11-12H2,1H3,(H,25,28). The second-order valence-electron chi connectivity index (χ2n) is 6.72. The summed E-state index contributed by atoms with van der Waals surface area (Å²) < 4.78 is 29.6. The van der Waals surface area contributed by atoms with Crippen LogP contribution in [0.1, 0.15) is 23.3 Å². The summed E-state index contributed by atoms with van der Waals surface area (Å²) in [6.07, 6.45) is 5.37. The van der Waals surface area contributed by atoms with Crippen LogP contribution in [-0.2, 0) is 0 Å². The summed E-state index contributed by atoms with van der Waals surface area (Å²) in [5.41, 5.74) is 1.69. The van der Waals surface area contributed by atoms with E-state index in [-0.39, 0.29) is 17.2 Å². The van der Waals surface area contributed by atoms with Crippen LogP contribution < -0.4 is 10.2 Å². The molecule has 2 heterocycles. The Morgan fingerprint density at radius 2 is 1.83 bits per heavy atom. The largest absolute Gasteiger partial charge is 0.370 e. The molecule has 1 fully saturated rings. The third-order valence-corrected chi connectivity index (χ3v) is 5.56. The molecule has 3 aromatic rings. The van der Waals surface area contributed by atoms with Crippen LogP contribution >= 0.6 is 11.8 Å². The maximum Gasteiger partial charge on any atom is 0.274 e. The van der Waals surface area contributed by atoms with Gasteiger partial charge in [0, 0.05) is 18.8 Å². The highest BCUT2D eigenvalue weighted by Crippen LogP contribution is 2.32. The summed E-state index contributed by atoms with van der Waals surface area (Å²) in [6.45, 7) is 1.66. The molecule has 0 radical (unpaired) electrons. The number of benzene rings is 2. The van der Waals surface area contributed by atoms with Gasteiger partial charge in [0.1, 0.15) is 23.0 Å². The Balaban J connectivity index is 1.70. The Labute approximate surface area is 171 Å². The van der Waals surface area contributed by atoms with Crippen LogP contribution in [0.5, 0.6) is 0 Å². The van der Waals surface area contributed by atoms with Gasteiger partial charge in [-0.2, -0.15) is 0 Å². The van der Waals surface area contributed by atoms with Crippen molar-refractivity contribution in [3.05, 3.63) is 66.0 Å². The summed E-state index contributed by atoms with van der Waals surface area (Å²) >= 11 is 1.36. The Hall–Kier alpha value is -2.87. The van der Waals surface area contributed by atoms with E-state index < -0.39 is 11.7 Å². The Kier molecular flexibility index (Phi) is 5.53. The molecule has 0 spiro atoms. The van der Waals surface area contributed by atoms with E-state index in [9.17, 15) is 13.6 Å². The summed E-state index contributed by atoms with van der Waals surface area (Å²) in [6, 6.07) is 10.6. The topological polar surface area (TPSA) is 50.2 Å². The van der Waals surface area contributed by atoms with Crippen LogP contribution in [-0.4, -0.2) is 34.8 Å². The average Bonchev–Trinajstić information content (AvgIpc) is 3.40. The van der Waals surface area contributed by atoms with Crippen molar-refractivity contribution in [1.29, 1.82) is 0 Å². The molecule has 0 atom stereocenters. The minimum absolute atomic E-state index is 0.164. The van der Waals surface area contributed by atoms with E-state index >= 15 is 0 Å². The van der Waals surface area contributed by atoms with Crippen LogP contribution in [0.3, 0.4) is 0 Å². The first kappa shape index (κ1) is 19.4. The van der Waals surface area contributed by atoms with Crippen molar-refractivity contribution < 1.29 is 13.6 Å². The second-order valence-corrected chi connectivity index (χ2v) is 7.50. The number of rotatable bonds is 5. The summed E-state index contributed by atoms with van der Waals surface area (Å²) in [7, 11) is 0. The molecule has 1 saturated heterocycles. The lowest BCUT2D eigenvalue weighted by Crippen LogP contribution is -2.23. The Bertz CT molecular complexity index is 1030. The number of nitrogens with one attached hydrogen (secondary N) is 1. The van der Waals surface area contributed by atoms with Gasteiger partial charge in [0.05, 0.1) is 11.9 Å². The SMILES string of the molecule is CSc1ncc(C(=O)Nc2c(F)cccc2N2CCCC2)n1-c1ccc(F)cc1. The van der Waals surface area contributed by atoms with E-state index in [2.05, 4.69) is 15.2 Å². The number of carbonyl (C=O) groups is 1. The van der Waals surface area contributed by atoms with Crippen molar-refractivity contribution in [3.8, 4) is 5.69 Å². The number of aromatic nitrogens is 2. The molecule has 1 aliphatic rings. The number of thioether (sulfide) groups is 1. The lowest BCUT2D eigenvalue weighted by molar-refractivity contribution is 0.101. The molecule has 0 saturated carbocycles. The predicted molar refractivity (Wildman–Crippen MR) is 111 cm³/mol. The Morgan fingerprint density at radius 3 is 2.52 bits per heavy atom. The van der Waals surface area contributed by atoms with E-state index in [0.717, 1.165) is 25.9 Å². The smallest absolute Gasteiger partial charge is 0.274 e. The fourth-order valence-corrected chi connectivity index (χ4v) is 4.06. The van der Waals surface area contributed by atoms with Gasteiger partial charge in [-0.15, -0.1) is 0 Å². The zero-order valence-corrected chi connectivity index (χ0v) is 16.7. The fraction of sp³-hybridized carbons (Fsp3) is 0.238. The first-order chi connectivity index (χ1) is 14.1. The van der Waals surface area contributed by atoms with Crippen LogP contribution in [0.25, 0.3) is 5.69 Å². The van der Waals surface area contributed by atoms with Crippen LogP contribution in [0.2, 0.25) is 0 Å². The van der Waals surface area contributed by atoms with Gasteiger partial charge in [-0.1, -0.05) is 17.8 Å². The van der Waals surface area contributed by atoms with Crippen molar-refractivity contribution in [3.63, 3.8) is 0 Å². The summed E-state index contributed by atoms with van der Waals surface area (Å²) in [4.78, 5) is 19.4. The van der Waals surface area contributed by atoms with Crippen molar-refractivity contribution in [1.82, 2.24) is 9.55 Å². The molecule has 1 aliphatic heterocycles. The van der Waals surface area contributed by atoms with Gasteiger partial charge in [0.2, 0.25) is 0 Å². The number of carbonyl (C=O) groups excluding carboxylic acids is 1. The normalized spacial score (nSPS) is 13.7. The summed E-state index contributed by atoms with van der Waals surface area (Å²) in [5.74, 6) is -1.33. The number of para-hydroxylation sites is 1. The molecule has 8 heteroatoms. The number of anilines is 2. The van der Waals surface area contributed by atoms with Gasteiger partial charge >= 0.3 is 0 Å². The molecule has 0 bridgehead atoms. The molecule has 150 valence electrons. The lowest BCUT2D eigenvalue weighted by Gasteiger charge is -2.22. The third-order valence-electron chi connectivity index (χ3n) is 4.91. The molecule has 4 rings (SSSR count). The van der Waals surface area contributed by atoms with E-state index in [0.29, 0.717) is 16.5 Å². The van der Waals surface area contributed by atoms with E-state index in [1.54, 1.807) is 22.8 Å². The maximum atomic E-state index is 14.6. The molecule has 29 heavy (non-hydrogen) atoms. The van der Waals surface area contributed by atoms with Crippen LogP contribution in [0.15, 0.2) is 53.8 Å². The second kappa shape index (κ2) is 8.24. The molecular weight excluding hydrogens is 394 g/mol. The van der Waals surface area contributed by atoms with Crippen molar-refractivity contribution >= 4 is 29.0 Å². The van der Waals surface area contributed by atoms with Gasteiger partial charge in [0.15, 0.2) is 5.16 Å². The minimum atomic E-state index is -0.485. The maximum absolute atomic E-state index is 14.6. The number of halogens is 2. The first-order valence-electron chi connectivity index (χ1n) is 9.31. The molecule has 1 N–H and O–H groups in total. The number of nitrogens with zero attached hydrogens (tertiary/aromatic N) is 3. The van der Waals surface area contributed by atoms with E-state index in [1.807, 2.05) is 12.3 Å². The summed E-state index contributed by atoms with van der Waals surface area (Å²) in [5, 5.41) is 3.31. The number of hydrogen-bond acceptors (Lipinski definition) is 4. The number of imidazole rings is 1. The lowest BCUT2D eigenvalue weighted by atomic mass is 10.2. The highest BCUT2D eigenvalue weighted by Gasteiger charge is 2.23. The van der Waals surface area contributed by atoms with Crippen LogP contribution in [0.4, 0.5) is 20.2 Å². The van der Waals surface area contributed by atoms with Crippen molar-refractivity contribution in [2.45, 2.75) is 18.0 Å². The van der Waals surface area contributed by atoms with E-state index in [4.69, 9.17) is 0 Å². The third kappa shape index (κ3) is 3.85. The molecular formula is C21H20F2N4OS. The number of amides is 1. The van der Waals surface area contributed by atoms with Gasteiger partial charge in [-0.3, -0.25) is 9.36 Å². The monoisotopic (exact) mass is 414 g/mol. The van der Waals surface area contributed by atoms with Gasteiger partial charge in [-0.25, -0.2) is 13.8 Å². The fourth-order valence-electron chi connectivity index (χ4n) is 3.51. The molecule has 1 amide bonds. The molecule has 0 unspecified atom stereocenters. The predicted octanol–water partition coefficient (Wildman–Crippen LogP) is 4.72. The zero-order chi connectivity index (χ0) is 20.4. The Morgan fingerprint density at radius 1 is 1.10 bits per heavy atom.